The summed E-state index contributed by atoms with van der Waals surface area (Å²) in [5.41, 5.74) is 0. The van der Waals surface area contributed by atoms with Gasteiger partial charge in [-0.25, -0.2) is 0 Å². The fourth-order valence-electron chi connectivity index (χ4n) is 3.63. The van der Waals surface area contributed by atoms with Gasteiger partial charge in [0.05, 0.1) is 25.4 Å². The van der Waals surface area contributed by atoms with Crippen LogP contribution in [0.3, 0.4) is 0 Å². The maximum Gasteiger partial charge on any atom is 1.00 e. The predicted molar refractivity (Wildman–Crippen MR) is 102 cm³/mol. The van der Waals surface area contributed by atoms with Gasteiger partial charge in [-0.15, -0.1) is 0 Å². The van der Waals surface area contributed by atoms with E-state index in [1.54, 1.807) is 0 Å². The van der Waals surface area contributed by atoms with E-state index in [1.165, 1.54) is 0 Å². The quantitative estimate of drug-likeness (QED) is 0.0884. The Morgan fingerprint density at radius 3 is 2.27 bits per heavy atom. The van der Waals surface area contributed by atoms with Crippen LogP contribution in [0.4, 0.5) is 0 Å². The summed E-state index contributed by atoms with van der Waals surface area (Å²) in [5, 5.41) is 73.3. The van der Waals surface area contributed by atoms with Crippen molar-refractivity contribution in [2.75, 3.05) is 20.3 Å². The van der Waals surface area contributed by atoms with Gasteiger partial charge in [-0.1, -0.05) is 0 Å². The molecule has 2 rings (SSSR count). The molecular formula is C17H28NNa2O16P. The molecule has 7 N–H and O–H groups in total. The van der Waals surface area contributed by atoms with Gasteiger partial charge in [-0.2, -0.15) is 0 Å². The molecule has 2 aliphatic rings. The number of phosphoric ester groups is 1. The van der Waals surface area contributed by atoms with Crippen molar-refractivity contribution in [1.29, 1.82) is 0 Å². The molecule has 0 aliphatic carbocycles. The average molecular weight is 579 g/mol. The Bertz CT molecular complexity index is 811. The molecule has 1 unspecified atom stereocenters. The van der Waals surface area contributed by atoms with Gasteiger partial charge in [0.15, 0.2) is 6.29 Å². The predicted octanol–water partition coefficient (Wildman–Crippen LogP) is -12.6. The number of hydrogen-bond donors (Lipinski definition) is 7. The molecule has 2 fully saturated rings. The van der Waals surface area contributed by atoms with Crippen LogP contribution in [-0.2, 0) is 37.4 Å². The maximum absolute atomic E-state index is 12.4. The van der Waals surface area contributed by atoms with E-state index >= 15 is 0 Å². The third-order valence-electron chi connectivity index (χ3n) is 5.38. The van der Waals surface area contributed by atoms with Crippen LogP contribution in [0.5, 0.6) is 0 Å². The van der Waals surface area contributed by atoms with E-state index in [9.17, 15) is 49.7 Å². The van der Waals surface area contributed by atoms with Crippen molar-refractivity contribution in [2.24, 2.45) is 0 Å². The molecule has 0 saturated carbocycles. The Morgan fingerprint density at radius 1 is 1.22 bits per heavy atom. The number of carboxylic acids is 1. The number of carboxylic acid groups (broad SMARTS) is 1. The van der Waals surface area contributed by atoms with E-state index in [2.05, 4.69) is 14.4 Å². The van der Waals surface area contributed by atoms with E-state index in [1.807, 2.05) is 0 Å². The van der Waals surface area contributed by atoms with Crippen LogP contribution in [0.2, 0.25) is 0 Å². The molecule has 0 bridgehead atoms. The van der Waals surface area contributed by atoms with Crippen LogP contribution in [0, 0.1) is 0 Å². The van der Waals surface area contributed by atoms with Crippen molar-refractivity contribution in [3.8, 4) is 0 Å². The number of ether oxygens (including phenoxy) is 3. The van der Waals surface area contributed by atoms with Crippen LogP contribution >= 0.6 is 7.82 Å². The number of rotatable bonds is 11. The molecule has 0 spiro atoms. The summed E-state index contributed by atoms with van der Waals surface area (Å²) in [5.74, 6) is -6.41. The first kappa shape index (κ1) is 37.7. The van der Waals surface area contributed by atoms with Crippen LogP contribution in [0.1, 0.15) is 13.3 Å². The third-order valence-corrected chi connectivity index (χ3v) is 6.36. The molecular weight excluding hydrogens is 551 g/mol. The second-order valence-electron chi connectivity index (χ2n) is 7.96. The van der Waals surface area contributed by atoms with Crippen molar-refractivity contribution in [1.82, 2.24) is 5.32 Å². The van der Waals surface area contributed by atoms with Gasteiger partial charge in [0.25, 0.3) is 7.82 Å². The molecule has 17 nitrogen and oxygen atoms in total. The summed E-state index contributed by atoms with van der Waals surface area (Å²) in [7, 11) is -4.52. The second kappa shape index (κ2) is 15.6. The number of carbonyl (C=O) groups is 2. The van der Waals surface area contributed by atoms with Crippen LogP contribution in [0.15, 0.2) is 0 Å². The molecule has 20 heteroatoms. The molecule has 0 aromatic carbocycles. The van der Waals surface area contributed by atoms with E-state index in [4.69, 9.17) is 19.3 Å². The monoisotopic (exact) mass is 579 g/mol. The molecule has 0 radical (unpaired) electrons. The largest absolute Gasteiger partial charge is 1.00 e. The van der Waals surface area contributed by atoms with Gasteiger partial charge in [0, 0.05) is 20.5 Å². The SMILES string of the molecule is CO[C@@H]1O[C@H](COP(=O)([O-])O[C@@]2(C(=O)[O-])C[C@H](O)[C@@H](NC(C)=O)[C@H]([C@H](O)[C@H](O)CO)O2)[C@@H](O)[C@H]1O.[Na+].[Na+]. The molecule has 0 aromatic rings. The zero-order valence-corrected chi connectivity index (χ0v) is 25.4. The van der Waals surface area contributed by atoms with Crippen molar-refractivity contribution in [2.45, 2.75) is 74.2 Å². The van der Waals surface area contributed by atoms with E-state index in [0.717, 1.165) is 14.0 Å². The Kier molecular flexibility index (Phi) is 15.9. The minimum Gasteiger partial charge on any atom is -0.756 e. The summed E-state index contributed by atoms with van der Waals surface area (Å²) >= 11 is 0. The number of methoxy groups -OCH3 is 1. The molecule has 204 valence electrons. The number of carbonyl (C=O) groups excluding carboxylic acids is 2. The summed E-state index contributed by atoms with van der Waals surface area (Å²) in [6.45, 7) is -1.00. The Labute approximate surface area is 255 Å². The third kappa shape index (κ3) is 9.36. The molecule has 37 heavy (non-hydrogen) atoms. The first-order valence-electron chi connectivity index (χ1n) is 10.2. The maximum atomic E-state index is 12.4. The number of aliphatic hydroxyl groups is 6. The normalized spacial score (nSPS) is 36.8. The molecule has 2 heterocycles. The number of aliphatic hydroxyl groups excluding tert-OH is 6. The molecule has 11 atom stereocenters. The Hall–Kier alpha value is 0.690. The number of phosphoric acid groups is 1. The Balaban J connectivity index is 0.00000648. The van der Waals surface area contributed by atoms with Crippen molar-refractivity contribution in [3.63, 3.8) is 0 Å². The minimum absolute atomic E-state index is 0. The number of nitrogens with one attached hydrogen (secondary N) is 1. The first-order valence-corrected chi connectivity index (χ1v) is 11.7. The van der Waals surface area contributed by atoms with Gasteiger partial charge < -0.3 is 69.5 Å². The minimum atomic E-state index is -5.67. The number of aliphatic carboxylic acids is 1. The molecule has 2 saturated heterocycles. The molecule has 0 aromatic heterocycles. The smallest absolute Gasteiger partial charge is 0.756 e. The number of hydrogen-bond acceptors (Lipinski definition) is 16. The first-order chi connectivity index (χ1) is 16.2. The summed E-state index contributed by atoms with van der Waals surface area (Å²) in [6.07, 6.45) is -15.1. The van der Waals surface area contributed by atoms with E-state index < -0.39 is 100 Å². The summed E-state index contributed by atoms with van der Waals surface area (Å²) < 4.78 is 36.4. The summed E-state index contributed by atoms with van der Waals surface area (Å²) in [6, 6.07) is -1.57. The zero-order valence-electron chi connectivity index (χ0n) is 20.5. The van der Waals surface area contributed by atoms with Crippen molar-refractivity contribution >= 4 is 19.7 Å². The molecule has 2 aliphatic heterocycles. The van der Waals surface area contributed by atoms with Gasteiger partial charge in [-0.3, -0.25) is 13.9 Å². The van der Waals surface area contributed by atoms with Gasteiger partial charge in [0.1, 0.15) is 42.6 Å². The fraction of sp³-hybridized carbons (Fsp3) is 0.882. The standard InChI is InChI=1S/C17H30NO16P.2Na/c1-6(20)18-10-7(21)3-17(16(26)27,33-14(10)11(23)8(22)4-19)34-35(28,29)31-5-9-12(24)13(25)15(30-2)32-9;;/h7-15,19,21-25H,3-5H2,1-2H3,(H,18,20)(H,26,27)(H,28,29);;/q;2*+1/p-2/t7-,8+,9+,10+,11+,12+,13+,14+,15+,17+;;/m0../s1. The summed E-state index contributed by atoms with van der Waals surface area (Å²) in [4.78, 5) is 35.8. The van der Waals surface area contributed by atoms with Crippen molar-refractivity contribution in [3.05, 3.63) is 0 Å². The Morgan fingerprint density at radius 2 is 1.81 bits per heavy atom. The van der Waals surface area contributed by atoms with Crippen molar-refractivity contribution < 1.29 is 137 Å². The zero-order chi connectivity index (χ0) is 26.7. The van der Waals surface area contributed by atoms with Gasteiger partial charge in [0.2, 0.25) is 11.7 Å². The van der Waals surface area contributed by atoms with Crippen LogP contribution < -0.4 is 74.4 Å². The van der Waals surface area contributed by atoms with Gasteiger partial charge in [-0.05, 0) is 0 Å². The van der Waals surface area contributed by atoms with E-state index in [0.29, 0.717) is 0 Å². The van der Waals surface area contributed by atoms with E-state index in [-0.39, 0.29) is 59.1 Å². The van der Waals surface area contributed by atoms with Gasteiger partial charge >= 0.3 is 59.1 Å². The second-order valence-corrected chi connectivity index (χ2v) is 9.29. The topological polar surface area (TPSA) is 277 Å². The molecule has 1 amide bonds. The average Bonchev–Trinajstić information content (AvgIpc) is 3.05. The van der Waals surface area contributed by atoms with Crippen LogP contribution in [0.25, 0.3) is 0 Å². The van der Waals surface area contributed by atoms with Crippen LogP contribution in [-0.4, -0.2) is 124 Å². The number of amides is 1. The fourth-order valence-corrected chi connectivity index (χ4v) is 4.57.